The molecule has 3 amide bonds. The molecule has 0 spiro atoms. The minimum atomic E-state index is -0.159. The van der Waals surface area contributed by atoms with E-state index in [-0.39, 0.29) is 17.7 Å². The average molecular weight is 510 g/mol. The molecule has 0 radical (unpaired) electrons. The van der Waals surface area contributed by atoms with Gasteiger partial charge in [-0.3, -0.25) is 19.3 Å². The van der Waals surface area contributed by atoms with Gasteiger partial charge in [-0.1, -0.05) is 68.3 Å². The molecule has 0 N–H and O–H groups in total. The van der Waals surface area contributed by atoms with Crippen molar-refractivity contribution in [1.29, 1.82) is 0 Å². The molecule has 0 saturated carbocycles. The van der Waals surface area contributed by atoms with E-state index in [0.29, 0.717) is 24.1 Å². The number of rotatable bonds is 12. The molecule has 0 aliphatic carbocycles. The summed E-state index contributed by atoms with van der Waals surface area (Å²) in [5.74, 6) is -0.0461. The zero-order valence-electron chi connectivity index (χ0n) is 21.0. The van der Waals surface area contributed by atoms with Crippen LogP contribution < -0.4 is 4.90 Å². The van der Waals surface area contributed by atoms with Crippen LogP contribution in [0.1, 0.15) is 78.5 Å². The van der Waals surface area contributed by atoms with Gasteiger partial charge in [-0.25, -0.2) is 0 Å². The highest BCUT2D eigenvalue weighted by molar-refractivity contribution is 6.30. The Morgan fingerprint density at radius 2 is 1.31 bits per heavy atom. The summed E-state index contributed by atoms with van der Waals surface area (Å²) in [5, 5.41) is 0.743. The van der Waals surface area contributed by atoms with Gasteiger partial charge in [0.05, 0.1) is 11.1 Å². The summed E-state index contributed by atoms with van der Waals surface area (Å²) in [6, 6.07) is 14.9. The largest absolute Gasteiger partial charge is 0.368 e. The van der Waals surface area contributed by atoms with E-state index >= 15 is 0 Å². The molecule has 2 aliphatic rings. The first-order valence-corrected chi connectivity index (χ1v) is 13.7. The Morgan fingerprint density at radius 3 is 1.92 bits per heavy atom. The average Bonchev–Trinajstić information content (AvgIpc) is 3.14. The maximum absolute atomic E-state index is 12.6. The number of imide groups is 1. The van der Waals surface area contributed by atoms with Gasteiger partial charge in [0.15, 0.2) is 0 Å². The molecule has 0 atom stereocenters. The summed E-state index contributed by atoms with van der Waals surface area (Å²) in [4.78, 5) is 43.0. The van der Waals surface area contributed by atoms with Crippen LogP contribution in [-0.2, 0) is 4.79 Å². The number of benzene rings is 2. The fraction of sp³-hybridized carbons (Fsp3) is 0.483. The molecule has 2 heterocycles. The third kappa shape index (κ3) is 6.67. The van der Waals surface area contributed by atoms with Crippen molar-refractivity contribution < 1.29 is 14.4 Å². The lowest BCUT2D eigenvalue weighted by Crippen LogP contribution is -2.48. The van der Waals surface area contributed by atoms with Crippen molar-refractivity contribution in [3.8, 4) is 0 Å². The summed E-state index contributed by atoms with van der Waals surface area (Å²) in [5.41, 5.74) is 2.18. The molecule has 2 aliphatic heterocycles. The van der Waals surface area contributed by atoms with Crippen LogP contribution in [0.25, 0.3) is 0 Å². The van der Waals surface area contributed by atoms with Crippen LogP contribution in [0.2, 0.25) is 5.02 Å². The number of hydrogen-bond acceptors (Lipinski definition) is 4. The van der Waals surface area contributed by atoms with E-state index in [9.17, 15) is 14.4 Å². The first-order chi connectivity index (χ1) is 17.5. The van der Waals surface area contributed by atoms with Crippen LogP contribution >= 0.6 is 11.6 Å². The van der Waals surface area contributed by atoms with Crippen LogP contribution in [0.3, 0.4) is 0 Å². The predicted molar refractivity (Wildman–Crippen MR) is 144 cm³/mol. The third-order valence-corrected chi connectivity index (χ3v) is 7.44. The molecular weight excluding hydrogens is 474 g/mol. The van der Waals surface area contributed by atoms with Crippen LogP contribution in [-0.4, -0.2) is 60.2 Å². The molecule has 6 nitrogen and oxygen atoms in total. The van der Waals surface area contributed by atoms with Gasteiger partial charge in [-0.15, -0.1) is 0 Å². The number of carbonyl (C=O) groups is 3. The number of unbranched alkanes of at least 4 members (excludes halogenated alkanes) is 7. The van der Waals surface area contributed by atoms with Crippen molar-refractivity contribution in [3.63, 3.8) is 0 Å². The van der Waals surface area contributed by atoms with Gasteiger partial charge in [0, 0.05) is 49.9 Å². The first kappa shape index (κ1) is 26.2. The molecule has 2 aromatic rings. The summed E-state index contributed by atoms with van der Waals surface area (Å²) < 4.78 is 0. The van der Waals surface area contributed by atoms with E-state index in [1.54, 1.807) is 24.3 Å². The highest BCUT2D eigenvalue weighted by Crippen LogP contribution is 2.23. The van der Waals surface area contributed by atoms with Gasteiger partial charge < -0.3 is 9.80 Å². The van der Waals surface area contributed by atoms with Crippen molar-refractivity contribution in [3.05, 3.63) is 64.7 Å². The molecule has 1 saturated heterocycles. The highest BCUT2D eigenvalue weighted by atomic mass is 35.5. The number of piperazine rings is 1. The van der Waals surface area contributed by atoms with Crippen molar-refractivity contribution in [1.82, 2.24) is 9.80 Å². The van der Waals surface area contributed by atoms with Gasteiger partial charge in [0.2, 0.25) is 5.91 Å². The van der Waals surface area contributed by atoms with Crippen molar-refractivity contribution in [2.45, 2.75) is 57.8 Å². The smallest absolute Gasteiger partial charge is 0.261 e. The van der Waals surface area contributed by atoms with E-state index in [0.717, 1.165) is 81.8 Å². The SMILES string of the molecule is O=C(CCCCCCCCCCN1C(=O)c2ccccc2C1=O)N1CCN(c2cccc(Cl)c2)CC1. The second-order valence-corrected chi connectivity index (χ2v) is 10.2. The molecule has 4 rings (SSSR count). The van der Waals surface area contributed by atoms with E-state index in [1.165, 1.54) is 11.3 Å². The van der Waals surface area contributed by atoms with Crippen molar-refractivity contribution >= 4 is 35.0 Å². The number of nitrogens with zero attached hydrogens (tertiary/aromatic N) is 3. The molecule has 192 valence electrons. The summed E-state index contributed by atoms with van der Waals surface area (Å²) in [7, 11) is 0. The number of halogens is 1. The van der Waals surface area contributed by atoms with E-state index in [2.05, 4.69) is 11.0 Å². The third-order valence-electron chi connectivity index (χ3n) is 7.21. The van der Waals surface area contributed by atoms with Gasteiger partial charge in [-0.05, 0) is 43.2 Å². The topological polar surface area (TPSA) is 60.9 Å². The quantitative estimate of drug-likeness (QED) is 0.268. The van der Waals surface area contributed by atoms with Crippen molar-refractivity contribution in [2.75, 3.05) is 37.6 Å². The monoisotopic (exact) mass is 509 g/mol. The number of hydrogen-bond donors (Lipinski definition) is 0. The Bertz CT molecular complexity index is 1030. The standard InChI is InChI=1S/C29H36ClN3O3/c30-23-12-11-13-24(22-23)31-18-20-32(21-19-31)27(34)16-7-5-3-1-2-4-6-10-17-33-28(35)25-14-8-9-15-26(25)29(33)36/h8-9,11-15,22H,1-7,10,16-21H2. The van der Waals surface area contributed by atoms with Crippen LogP contribution in [0.4, 0.5) is 5.69 Å². The molecule has 0 aromatic heterocycles. The zero-order valence-corrected chi connectivity index (χ0v) is 21.7. The van der Waals surface area contributed by atoms with E-state index in [1.807, 2.05) is 23.1 Å². The molecule has 0 bridgehead atoms. The Labute approximate surface area is 219 Å². The molecule has 7 heteroatoms. The Balaban J connectivity index is 1.00. The molecule has 1 fully saturated rings. The van der Waals surface area contributed by atoms with Gasteiger partial charge >= 0.3 is 0 Å². The maximum Gasteiger partial charge on any atom is 0.261 e. The van der Waals surface area contributed by atoms with Crippen LogP contribution in [0.5, 0.6) is 0 Å². The normalized spacial score (nSPS) is 15.5. The highest BCUT2D eigenvalue weighted by Gasteiger charge is 2.34. The minimum absolute atomic E-state index is 0.159. The van der Waals surface area contributed by atoms with Crippen LogP contribution in [0, 0.1) is 0 Å². The maximum atomic E-state index is 12.6. The first-order valence-electron chi connectivity index (χ1n) is 13.3. The lowest BCUT2D eigenvalue weighted by atomic mass is 10.1. The number of fused-ring (bicyclic) bond motifs is 1. The second kappa shape index (κ2) is 12.9. The van der Waals surface area contributed by atoms with E-state index in [4.69, 9.17) is 11.6 Å². The fourth-order valence-electron chi connectivity index (χ4n) is 5.09. The molecular formula is C29H36ClN3O3. The Hall–Kier alpha value is -2.86. The summed E-state index contributed by atoms with van der Waals surface area (Å²) in [6.45, 7) is 3.73. The minimum Gasteiger partial charge on any atom is -0.368 e. The lowest BCUT2D eigenvalue weighted by Gasteiger charge is -2.36. The number of anilines is 1. The number of carbonyl (C=O) groups excluding carboxylic acids is 3. The fourth-order valence-corrected chi connectivity index (χ4v) is 5.28. The predicted octanol–water partition coefficient (Wildman–Crippen LogP) is 5.80. The van der Waals surface area contributed by atoms with Gasteiger partial charge in [0.1, 0.15) is 0 Å². The van der Waals surface area contributed by atoms with Gasteiger partial charge in [0.25, 0.3) is 11.8 Å². The Morgan fingerprint density at radius 1 is 0.722 bits per heavy atom. The summed E-state index contributed by atoms with van der Waals surface area (Å²) >= 11 is 6.10. The van der Waals surface area contributed by atoms with Gasteiger partial charge in [-0.2, -0.15) is 0 Å². The number of amides is 3. The molecule has 0 unspecified atom stereocenters. The zero-order chi connectivity index (χ0) is 25.3. The van der Waals surface area contributed by atoms with E-state index < -0.39 is 0 Å². The Kier molecular flexibility index (Phi) is 9.40. The second-order valence-electron chi connectivity index (χ2n) is 9.73. The van der Waals surface area contributed by atoms with Crippen molar-refractivity contribution in [2.24, 2.45) is 0 Å². The summed E-state index contributed by atoms with van der Waals surface area (Å²) in [6.07, 6.45) is 9.12. The lowest BCUT2D eigenvalue weighted by molar-refractivity contribution is -0.131. The van der Waals surface area contributed by atoms with Crippen LogP contribution in [0.15, 0.2) is 48.5 Å². The molecule has 36 heavy (non-hydrogen) atoms. The molecule has 2 aromatic carbocycles.